The second-order valence-corrected chi connectivity index (χ2v) is 8.93. The molecule has 0 saturated heterocycles. The third-order valence-corrected chi connectivity index (χ3v) is 8.55. The Morgan fingerprint density at radius 3 is 1.05 bits per heavy atom. The lowest BCUT2D eigenvalue weighted by atomic mass is 10.4. The van der Waals surface area contributed by atoms with Gasteiger partial charge >= 0.3 is 0 Å². The summed E-state index contributed by atoms with van der Waals surface area (Å²) < 4.78 is 0. The van der Waals surface area contributed by atoms with E-state index in [0.29, 0.717) is 0 Å². The molecule has 112 valence electrons. The van der Waals surface area contributed by atoms with E-state index in [1.165, 1.54) is 15.9 Å². The van der Waals surface area contributed by atoms with Gasteiger partial charge in [0.15, 0.2) is 0 Å². The van der Waals surface area contributed by atoms with E-state index in [1.807, 2.05) is 0 Å². The van der Waals surface area contributed by atoms with Crippen LogP contribution in [0.2, 0.25) is 0 Å². The van der Waals surface area contributed by atoms with Gasteiger partial charge in [-0.25, -0.2) is 0 Å². The minimum Gasteiger partial charge on any atom is -0.0620 e. The van der Waals surface area contributed by atoms with Crippen molar-refractivity contribution >= 4 is 23.2 Å². The summed E-state index contributed by atoms with van der Waals surface area (Å²) in [5.74, 6) is 0. The van der Waals surface area contributed by atoms with Crippen LogP contribution < -0.4 is 15.9 Å². The number of hydrogen-bond acceptors (Lipinski definition) is 0. The van der Waals surface area contributed by atoms with Crippen LogP contribution in [0.15, 0.2) is 91.0 Å². The fourth-order valence-electron chi connectivity index (χ4n) is 3.04. The number of hydrogen-bond donors (Lipinski definition) is 0. The van der Waals surface area contributed by atoms with Gasteiger partial charge < -0.3 is 0 Å². The Bertz CT molecular complexity index is 584. The summed E-state index contributed by atoms with van der Waals surface area (Å²) in [6, 6.07) is 33.0. The fourth-order valence-corrected chi connectivity index (χ4v) is 7.08. The smallest absolute Gasteiger partial charge is 0.0620 e. The van der Waals surface area contributed by atoms with E-state index >= 15 is 0 Å². The molecule has 0 aromatic heterocycles. The Labute approximate surface area is 140 Å². The third-order valence-electron chi connectivity index (χ3n) is 4.07. The predicted molar refractivity (Wildman–Crippen MR) is 98.5 cm³/mol. The summed E-state index contributed by atoms with van der Waals surface area (Å²) >= 11 is 0. The Morgan fingerprint density at radius 2 is 0.818 bits per heavy atom. The maximum atomic E-state index is 2.32. The van der Waals surface area contributed by atoms with Gasteiger partial charge in [-0.2, -0.15) is 0 Å². The highest BCUT2D eigenvalue weighted by atomic mass is 35.5. The first-order valence-electron chi connectivity index (χ1n) is 7.43. The molecule has 22 heavy (non-hydrogen) atoms. The van der Waals surface area contributed by atoms with Crippen molar-refractivity contribution in [3.05, 3.63) is 91.0 Å². The predicted octanol–water partition coefficient (Wildman–Crippen LogP) is 3.47. The number of halogens is 1. The van der Waals surface area contributed by atoms with Gasteiger partial charge in [-0.15, -0.1) is 0 Å². The molecule has 0 fully saturated rings. The van der Waals surface area contributed by atoms with Crippen molar-refractivity contribution in [2.45, 2.75) is 6.92 Å². The van der Waals surface area contributed by atoms with Crippen LogP contribution in [-0.2, 0) is 0 Å². The normalized spacial score (nSPS) is 10.8. The Kier molecular flexibility index (Phi) is 5.77. The summed E-state index contributed by atoms with van der Waals surface area (Å²) in [5.41, 5.74) is 0. The Morgan fingerprint density at radius 1 is 0.545 bits per heavy atom. The molecule has 0 radical (unpaired) electrons. The van der Waals surface area contributed by atoms with Crippen LogP contribution in [0.25, 0.3) is 0 Å². The standard InChI is InChI=1S/C20H20P.ClH2/c1-2-21(18-12-6-3-7-13-18,19-14-8-4-9-15-19)20-16-10-5-11-17-20;/h3-17H,2H2,1H3;1H2/q2*+1. The van der Waals surface area contributed by atoms with Gasteiger partial charge in [0.1, 0.15) is 23.2 Å². The average Bonchev–Trinajstić information content (AvgIpc) is 2.59. The van der Waals surface area contributed by atoms with Gasteiger partial charge in [0.05, 0.1) is 18.6 Å². The molecule has 0 amide bonds. The number of rotatable bonds is 4. The van der Waals surface area contributed by atoms with Crippen LogP contribution in [0.1, 0.15) is 6.92 Å². The molecule has 0 atom stereocenters. The zero-order valence-electron chi connectivity index (χ0n) is 12.8. The lowest BCUT2D eigenvalue weighted by molar-refractivity contribution is -0.00000409. The maximum absolute atomic E-state index is 2.32. The van der Waals surface area contributed by atoms with Crippen LogP contribution in [-0.4, -0.2) is 6.16 Å². The van der Waals surface area contributed by atoms with Crippen LogP contribution in [0.3, 0.4) is 0 Å². The van der Waals surface area contributed by atoms with Gasteiger partial charge in [0.25, 0.3) is 0 Å². The SMILES string of the molecule is CC[P+](c1ccccc1)(c1ccccc1)c1ccccc1.[ClH2+]. The van der Waals surface area contributed by atoms with Crippen LogP contribution in [0, 0.1) is 12.4 Å². The summed E-state index contributed by atoms with van der Waals surface area (Å²) in [7, 11) is -1.53. The molecule has 0 unspecified atom stereocenters. The molecule has 0 nitrogen and oxygen atoms in total. The maximum Gasteiger partial charge on any atom is 0.111 e. The summed E-state index contributed by atoms with van der Waals surface area (Å²) in [6.07, 6.45) is 1.14. The van der Waals surface area contributed by atoms with Crippen molar-refractivity contribution < 1.29 is 12.4 Å². The van der Waals surface area contributed by atoms with Gasteiger partial charge in [0, 0.05) is 0 Å². The Balaban J connectivity index is 0.00000176. The van der Waals surface area contributed by atoms with Gasteiger partial charge in [-0.1, -0.05) is 54.6 Å². The van der Waals surface area contributed by atoms with Crippen molar-refractivity contribution in [2.75, 3.05) is 6.16 Å². The van der Waals surface area contributed by atoms with Crippen molar-refractivity contribution in [3.63, 3.8) is 0 Å². The second kappa shape index (κ2) is 7.58. The lowest BCUT2D eigenvalue weighted by Crippen LogP contribution is -2.32. The summed E-state index contributed by atoms with van der Waals surface area (Å²) in [5, 5.41) is 4.39. The highest BCUT2D eigenvalue weighted by Gasteiger charge is 2.43. The molecule has 0 aliphatic rings. The molecule has 0 aliphatic heterocycles. The molecule has 3 aromatic carbocycles. The molecule has 0 aliphatic carbocycles. The van der Waals surface area contributed by atoms with E-state index < -0.39 is 7.26 Å². The van der Waals surface area contributed by atoms with Crippen molar-refractivity contribution in [3.8, 4) is 0 Å². The van der Waals surface area contributed by atoms with Gasteiger partial charge in [-0.05, 0) is 43.3 Å². The zero-order chi connectivity index (χ0) is 14.5. The Hall–Kier alpha value is -1.62. The second-order valence-electron chi connectivity index (χ2n) is 5.13. The quantitative estimate of drug-likeness (QED) is 0.643. The first-order chi connectivity index (χ1) is 10.4. The topological polar surface area (TPSA) is 0 Å². The first kappa shape index (κ1) is 16.7. The van der Waals surface area contributed by atoms with E-state index in [2.05, 4.69) is 97.9 Å². The molecular formula is C20H22ClP+2. The van der Waals surface area contributed by atoms with E-state index in [4.69, 9.17) is 0 Å². The third kappa shape index (κ3) is 2.95. The molecule has 2 heteroatoms. The van der Waals surface area contributed by atoms with Crippen molar-refractivity contribution in [2.24, 2.45) is 0 Å². The van der Waals surface area contributed by atoms with Crippen LogP contribution in [0.4, 0.5) is 0 Å². The average molecular weight is 329 g/mol. The highest BCUT2D eigenvalue weighted by molar-refractivity contribution is 7.95. The van der Waals surface area contributed by atoms with Crippen LogP contribution in [0.5, 0.6) is 0 Å². The largest absolute Gasteiger partial charge is 0.111 e. The summed E-state index contributed by atoms with van der Waals surface area (Å²) in [6.45, 7) is 2.32. The highest BCUT2D eigenvalue weighted by Crippen LogP contribution is 2.54. The minimum atomic E-state index is -1.53. The first-order valence-corrected chi connectivity index (χ1v) is 9.40. The minimum absolute atomic E-state index is 0. The zero-order valence-corrected chi connectivity index (χ0v) is 14.6. The molecule has 0 saturated carbocycles. The molecule has 3 aromatic rings. The van der Waals surface area contributed by atoms with Gasteiger partial charge in [0.2, 0.25) is 0 Å². The molecule has 0 spiro atoms. The lowest BCUT2D eigenvalue weighted by Gasteiger charge is -2.26. The molecular weight excluding hydrogens is 307 g/mol. The van der Waals surface area contributed by atoms with Crippen molar-refractivity contribution in [1.29, 1.82) is 0 Å². The van der Waals surface area contributed by atoms with Crippen molar-refractivity contribution in [1.82, 2.24) is 0 Å². The van der Waals surface area contributed by atoms with E-state index in [9.17, 15) is 0 Å². The van der Waals surface area contributed by atoms with E-state index in [0.717, 1.165) is 6.16 Å². The fraction of sp³-hybridized carbons (Fsp3) is 0.100. The molecule has 0 heterocycles. The van der Waals surface area contributed by atoms with Gasteiger partial charge in [-0.3, -0.25) is 0 Å². The molecule has 0 bridgehead atoms. The van der Waals surface area contributed by atoms with E-state index in [-0.39, 0.29) is 12.4 Å². The molecule has 3 rings (SSSR count). The monoisotopic (exact) mass is 328 g/mol. The van der Waals surface area contributed by atoms with E-state index in [1.54, 1.807) is 0 Å². The van der Waals surface area contributed by atoms with Crippen LogP contribution >= 0.6 is 7.26 Å². The summed E-state index contributed by atoms with van der Waals surface area (Å²) in [4.78, 5) is 0. The molecule has 0 N–H and O–H groups in total. The number of benzene rings is 3.